The van der Waals surface area contributed by atoms with Gasteiger partial charge in [0.2, 0.25) is 5.82 Å². The van der Waals surface area contributed by atoms with Gasteiger partial charge in [-0.15, -0.1) is 0 Å². The van der Waals surface area contributed by atoms with Crippen molar-refractivity contribution >= 4 is 0 Å². The second kappa shape index (κ2) is 7.57. The second-order valence-corrected chi connectivity index (χ2v) is 5.08. The first-order valence-electron chi connectivity index (χ1n) is 7.54. The molecule has 0 amide bonds. The molecule has 1 aromatic heterocycles. The minimum atomic E-state index is 0.178. The molecule has 7 heteroatoms. The number of rotatable bonds is 7. The third-order valence-corrected chi connectivity index (χ3v) is 3.48. The van der Waals surface area contributed by atoms with E-state index in [4.69, 9.17) is 23.5 Å². The van der Waals surface area contributed by atoms with Crippen molar-refractivity contribution in [2.45, 2.75) is 6.61 Å². The first kappa shape index (κ1) is 16.6. The van der Waals surface area contributed by atoms with Gasteiger partial charge in [0.15, 0.2) is 6.61 Å². The maximum absolute atomic E-state index is 5.66. The molecule has 25 heavy (non-hydrogen) atoms. The summed E-state index contributed by atoms with van der Waals surface area (Å²) in [5.74, 6) is 3.45. The van der Waals surface area contributed by atoms with Crippen molar-refractivity contribution in [2.75, 3.05) is 21.3 Å². The summed E-state index contributed by atoms with van der Waals surface area (Å²) in [6, 6.07) is 12.7. The highest BCUT2D eigenvalue weighted by Gasteiger charge is 2.12. The van der Waals surface area contributed by atoms with Gasteiger partial charge in [-0.05, 0) is 24.3 Å². The van der Waals surface area contributed by atoms with Gasteiger partial charge in [-0.2, -0.15) is 4.98 Å². The Morgan fingerprint density at radius 2 is 1.48 bits per heavy atom. The van der Waals surface area contributed by atoms with E-state index in [-0.39, 0.29) is 6.61 Å². The molecule has 0 radical (unpaired) electrons. The fourth-order valence-corrected chi connectivity index (χ4v) is 2.20. The van der Waals surface area contributed by atoms with Gasteiger partial charge in [-0.3, -0.25) is 0 Å². The maximum atomic E-state index is 5.66. The smallest absolute Gasteiger partial charge is 0.258 e. The van der Waals surface area contributed by atoms with Crippen molar-refractivity contribution in [3.63, 3.8) is 0 Å². The van der Waals surface area contributed by atoms with Crippen LogP contribution >= 0.6 is 0 Å². The zero-order chi connectivity index (χ0) is 17.6. The Morgan fingerprint density at radius 3 is 2.16 bits per heavy atom. The number of nitrogens with zero attached hydrogens (tertiary/aromatic N) is 2. The van der Waals surface area contributed by atoms with Crippen LogP contribution in [-0.2, 0) is 6.61 Å². The Balaban J connectivity index is 1.74. The Morgan fingerprint density at radius 1 is 0.840 bits per heavy atom. The normalized spacial score (nSPS) is 10.4. The van der Waals surface area contributed by atoms with Crippen LogP contribution in [0, 0.1) is 0 Å². The lowest BCUT2D eigenvalue weighted by molar-refractivity contribution is 0.285. The highest BCUT2D eigenvalue weighted by molar-refractivity contribution is 5.59. The average Bonchev–Trinajstić information content (AvgIpc) is 3.15. The van der Waals surface area contributed by atoms with Crippen molar-refractivity contribution in [1.82, 2.24) is 10.1 Å². The van der Waals surface area contributed by atoms with Gasteiger partial charge in [0.25, 0.3) is 5.89 Å². The lowest BCUT2D eigenvalue weighted by Crippen LogP contribution is -1.97. The largest absolute Gasteiger partial charge is 0.497 e. The van der Waals surface area contributed by atoms with Crippen LogP contribution in [0.4, 0.5) is 0 Å². The molecule has 3 rings (SSSR count). The molecule has 0 atom stereocenters. The quantitative estimate of drug-likeness (QED) is 0.652. The van der Waals surface area contributed by atoms with Crippen LogP contribution in [0.3, 0.4) is 0 Å². The summed E-state index contributed by atoms with van der Waals surface area (Å²) in [6.07, 6.45) is 0. The minimum Gasteiger partial charge on any atom is -0.497 e. The van der Waals surface area contributed by atoms with E-state index in [2.05, 4.69) is 10.1 Å². The molecule has 130 valence electrons. The second-order valence-electron chi connectivity index (χ2n) is 5.08. The molecule has 3 aromatic rings. The number of ether oxygens (including phenoxy) is 4. The molecule has 0 spiro atoms. The van der Waals surface area contributed by atoms with E-state index in [0.717, 1.165) is 5.75 Å². The number of benzene rings is 2. The molecular formula is C18H18N2O5. The third-order valence-electron chi connectivity index (χ3n) is 3.48. The van der Waals surface area contributed by atoms with E-state index in [1.54, 1.807) is 45.6 Å². The fourth-order valence-electron chi connectivity index (χ4n) is 2.20. The average molecular weight is 342 g/mol. The van der Waals surface area contributed by atoms with E-state index < -0.39 is 0 Å². The summed E-state index contributed by atoms with van der Waals surface area (Å²) in [5.41, 5.74) is 0.705. The van der Waals surface area contributed by atoms with Gasteiger partial charge >= 0.3 is 0 Å². The molecule has 0 aliphatic heterocycles. The number of methoxy groups -OCH3 is 3. The van der Waals surface area contributed by atoms with Gasteiger partial charge in [-0.1, -0.05) is 11.2 Å². The van der Waals surface area contributed by atoms with E-state index in [1.807, 2.05) is 18.2 Å². The predicted molar refractivity (Wildman–Crippen MR) is 90.2 cm³/mol. The highest BCUT2D eigenvalue weighted by Crippen LogP contribution is 2.29. The summed E-state index contributed by atoms with van der Waals surface area (Å²) >= 11 is 0. The lowest BCUT2D eigenvalue weighted by atomic mass is 10.2. The topological polar surface area (TPSA) is 75.8 Å². The summed E-state index contributed by atoms with van der Waals surface area (Å²) in [4.78, 5) is 4.34. The van der Waals surface area contributed by atoms with Crippen LogP contribution in [-0.4, -0.2) is 31.5 Å². The summed E-state index contributed by atoms with van der Waals surface area (Å²) < 4.78 is 26.6. The summed E-state index contributed by atoms with van der Waals surface area (Å²) in [7, 11) is 4.77. The molecule has 0 saturated carbocycles. The molecule has 0 unspecified atom stereocenters. The molecular weight excluding hydrogens is 324 g/mol. The highest BCUT2D eigenvalue weighted by atomic mass is 16.5. The predicted octanol–water partition coefficient (Wildman–Crippen LogP) is 3.34. The van der Waals surface area contributed by atoms with Crippen LogP contribution in [0.5, 0.6) is 23.0 Å². The van der Waals surface area contributed by atoms with Gasteiger partial charge in [0, 0.05) is 17.7 Å². The minimum absolute atomic E-state index is 0.178. The third kappa shape index (κ3) is 4.00. The molecule has 0 aliphatic carbocycles. The van der Waals surface area contributed by atoms with Gasteiger partial charge in [0.05, 0.1) is 21.3 Å². The Labute approximate surface area is 145 Å². The number of hydrogen-bond donors (Lipinski definition) is 0. The van der Waals surface area contributed by atoms with E-state index in [1.165, 1.54) is 0 Å². The molecule has 0 N–H and O–H groups in total. The zero-order valence-corrected chi connectivity index (χ0v) is 14.2. The van der Waals surface area contributed by atoms with Crippen LogP contribution in [0.15, 0.2) is 47.0 Å². The van der Waals surface area contributed by atoms with Gasteiger partial charge in [-0.25, -0.2) is 0 Å². The molecule has 1 heterocycles. The van der Waals surface area contributed by atoms with Crippen LogP contribution < -0.4 is 18.9 Å². The zero-order valence-electron chi connectivity index (χ0n) is 14.2. The fraction of sp³-hybridized carbons (Fsp3) is 0.222. The maximum Gasteiger partial charge on any atom is 0.258 e. The van der Waals surface area contributed by atoms with Gasteiger partial charge < -0.3 is 23.5 Å². The van der Waals surface area contributed by atoms with Crippen molar-refractivity contribution in [1.29, 1.82) is 0 Å². The Bertz CT molecular complexity index is 825. The molecule has 0 bridgehead atoms. The van der Waals surface area contributed by atoms with Crippen LogP contribution in [0.25, 0.3) is 11.5 Å². The Hall–Kier alpha value is -3.22. The van der Waals surface area contributed by atoms with Crippen molar-refractivity contribution in [3.8, 4) is 34.5 Å². The van der Waals surface area contributed by atoms with Crippen molar-refractivity contribution in [3.05, 3.63) is 48.3 Å². The molecule has 0 aliphatic rings. The molecule has 0 fully saturated rings. The number of hydrogen-bond acceptors (Lipinski definition) is 7. The SMILES string of the molecule is COc1cccc(OCc2noc(-c3cc(OC)cc(OC)c3)n2)c1. The lowest BCUT2D eigenvalue weighted by Gasteiger charge is -2.05. The first-order chi connectivity index (χ1) is 12.2. The summed E-state index contributed by atoms with van der Waals surface area (Å²) in [5, 5.41) is 3.94. The summed E-state index contributed by atoms with van der Waals surface area (Å²) in [6.45, 7) is 0.178. The van der Waals surface area contributed by atoms with Crippen molar-refractivity contribution < 1.29 is 23.5 Å². The Kier molecular flexibility index (Phi) is 5.03. The monoisotopic (exact) mass is 342 g/mol. The molecule has 2 aromatic carbocycles. The van der Waals surface area contributed by atoms with E-state index in [0.29, 0.717) is 34.5 Å². The van der Waals surface area contributed by atoms with Crippen LogP contribution in [0.1, 0.15) is 5.82 Å². The number of aromatic nitrogens is 2. The standard InChI is InChI=1S/C18H18N2O5/c1-21-13-5-4-6-14(9-13)24-11-17-19-18(25-20-17)12-7-15(22-2)10-16(8-12)23-3/h4-10H,11H2,1-3H3. The van der Waals surface area contributed by atoms with E-state index in [9.17, 15) is 0 Å². The molecule has 7 nitrogen and oxygen atoms in total. The van der Waals surface area contributed by atoms with Crippen LogP contribution in [0.2, 0.25) is 0 Å². The first-order valence-corrected chi connectivity index (χ1v) is 7.54. The van der Waals surface area contributed by atoms with Crippen molar-refractivity contribution in [2.24, 2.45) is 0 Å². The van der Waals surface area contributed by atoms with Gasteiger partial charge in [0.1, 0.15) is 23.0 Å². The van der Waals surface area contributed by atoms with E-state index >= 15 is 0 Å². The molecule has 0 saturated heterocycles.